The molecule has 1 saturated heterocycles. The number of carbonyl (C=O) groups excluding carboxylic acids is 2. The molecule has 5 rings (SSSR count). The average Bonchev–Trinajstić information content (AvgIpc) is 3.37. The summed E-state index contributed by atoms with van der Waals surface area (Å²) in [5.74, 6) is 0.635. The zero-order chi connectivity index (χ0) is 28.0. The number of rotatable bonds is 5. The van der Waals surface area contributed by atoms with Crippen LogP contribution in [0.5, 0.6) is 5.75 Å². The maximum Gasteiger partial charge on any atom is 0.265 e. The zero-order valence-corrected chi connectivity index (χ0v) is 23.9. The molecule has 2 aliphatic rings. The Hall–Kier alpha value is -3.36. The fraction of sp³-hybridized carbons (Fsp3) is 0.414. The highest BCUT2D eigenvalue weighted by atomic mass is 35.5. The molecule has 2 aliphatic heterocycles. The molecule has 2 aromatic carbocycles. The molecule has 0 spiro atoms. The van der Waals surface area contributed by atoms with Gasteiger partial charge in [0, 0.05) is 36.5 Å². The molecule has 38 heavy (non-hydrogen) atoms. The van der Waals surface area contributed by atoms with Gasteiger partial charge in [-0.15, -0.1) is 0 Å². The van der Waals surface area contributed by atoms with Gasteiger partial charge in [-0.05, 0) is 63.0 Å². The van der Waals surface area contributed by atoms with E-state index in [9.17, 15) is 9.59 Å². The molecule has 1 aromatic heterocycles. The molecular formula is C29H38ClN5O3. The van der Waals surface area contributed by atoms with Gasteiger partial charge in [-0.25, -0.2) is 0 Å². The van der Waals surface area contributed by atoms with E-state index in [1.54, 1.807) is 22.1 Å². The van der Waals surface area contributed by atoms with Gasteiger partial charge in [-0.2, -0.15) is 5.10 Å². The van der Waals surface area contributed by atoms with E-state index in [0.717, 1.165) is 34.1 Å². The van der Waals surface area contributed by atoms with Gasteiger partial charge in [-0.3, -0.25) is 14.7 Å². The van der Waals surface area contributed by atoms with Gasteiger partial charge in [0.15, 0.2) is 6.61 Å². The van der Waals surface area contributed by atoms with E-state index < -0.39 is 0 Å². The molecule has 1 N–H and O–H groups in total. The molecule has 8 nitrogen and oxygen atoms in total. The van der Waals surface area contributed by atoms with Gasteiger partial charge in [0.1, 0.15) is 5.75 Å². The molecule has 2 amide bonds. The maximum atomic E-state index is 12.6. The second-order valence-electron chi connectivity index (χ2n) is 9.39. The Bertz CT molecular complexity index is 1300. The number of hydrogen-bond acceptors (Lipinski definition) is 5. The Labute approximate surface area is 230 Å². The first kappa shape index (κ1) is 29.2. The maximum absolute atomic E-state index is 12.6. The summed E-state index contributed by atoms with van der Waals surface area (Å²) in [4.78, 5) is 29.9. The van der Waals surface area contributed by atoms with Crippen molar-refractivity contribution in [2.24, 2.45) is 5.92 Å². The molecule has 0 bridgehead atoms. The van der Waals surface area contributed by atoms with E-state index in [2.05, 4.69) is 42.7 Å². The second kappa shape index (κ2) is 12.9. The summed E-state index contributed by atoms with van der Waals surface area (Å²) >= 11 is 6.73. The topological polar surface area (TPSA) is 81.8 Å². The Kier molecular flexibility index (Phi) is 9.94. The predicted octanol–water partition coefficient (Wildman–Crippen LogP) is 5.16. The summed E-state index contributed by atoms with van der Waals surface area (Å²) in [7, 11) is 4.11. The van der Waals surface area contributed by atoms with Crippen LogP contribution in [0.15, 0.2) is 43.1 Å². The molecule has 0 saturated carbocycles. The van der Waals surface area contributed by atoms with Crippen LogP contribution in [0, 0.1) is 12.8 Å². The van der Waals surface area contributed by atoms with E-state index in [1.165, 1.54) is 6.08 Å². The number of aromatic nitrogens is 2. The van der Waals surface area contributed by atoms with Crippen LogP contribution in [-0.4, -0.2) is 78.7 Å². The molecular weight excluding hydrogens is 502 g/mol. The van der Waals surface area contributed by atoms with Gasteiger partial charge in [0.2, 0.25) is 5.91 Å². The van der Waals surface area contributed by atoms with Crippen LogP contribution in [-0.2, 0) is 9.59 Å². The van der Waals surface area contributed by atoms with Crippen LogP contribution >= 0.6 is 11.6 Å². The average molecular weight is 540 g/mol. The van der Waals surface area contributed by atoms with Crippen LogP contribution in [0.3, 0.4) is 0 Å². The minimum Gasteiger partial charge on any atom is -0.482 e. The number of anilines is 1. The minimum absolute atomic E-state index is 0.0228. The number of hydrogen-bond donors (Lipinski definition) is 1. The second-order valence-corrected chi connectivity index (χ2v) is 9.80. The van der Waals surface area contributed by atoms with Gasteiger partial charge in [0.25, 0.3) is 5.91 Å². The first-order chi connectivity index (χ1) is 18.2. The lowest BCUT2D eigenvalue weighted by molar-refractivity contribution is -0.131. The lowest BCUT2D eigenvalue weighted by Crippen LogP contribution is -2.55. The predicted molar refractivity (Wildman–Crippen MR) is 155 cm³/mol. The molecule has 0 radical (unpaired) electrons. The number of H-pyrrole nitrogens is 1. The number of carbonyl (C=O) groups is 2. The van der Waals surface area contributed by atoms with Crippen molar-refractivity contribution in [1.29, 1.82) is 0 Å². The third-order valence-corrected chi connectivity index (χ3v) is 6.92. The summed E-state index contributed by atoms with van der Waals surface area (Å²) in [5, 5.41) is 8.66. The van der Waals surface area contributed by atoms with Crippen molar-refractivity contribution in [3.63, 3.8) is 0 Å². The molecule has 0 atom stereocenters. The van der Waals surface area contributed by atoms with Crippen molar-refractivity contribution >= 4 is 40.0 Å². The fourth-order valence-corrected chi connectivity index (χ4v) is 4.60. The first-order valence-electron chi connectivity index (χ1n) is 13.0. The van der Waals surface area contributed by atoms with E-state index >= 15 is 0 Å². The number of aryl methyl sites for hydroxylation is 1. The van der Waals surface area contributed by atoms with Crippen molar-refractivity contribution < 1.29 is 14.3 Å². The SMILES string of the molecule is C=CC(=O)N1CC(CN2C(=O)COc3cc(-c4c(C)ccc5[nH]ncc45)c(Cl)cc32)C1.CC.CCN(C)C. The van der Waals surface area contributed by atoms with E-state index in [1.807, 2.05) is 39.0 Å². The molecule has 0 unspecified atom stereocenters. The molecule has 9 heteroatoms. The molecule has 3 heterocycles. The van der Waals surface area contributed by atoms with Crippen molar-refractivity contribution in [2.75, 3.05) is 51.8 Å². The summed E-state index contributed by atoms with van der Waals surface area (Å²) in [5.41, 5.74) is 4.49. The number of ether oxygens (including phenoxy) is 1. The van der Waals surface area contributed by atoms with Gasteiger partial charge in [-0.1, -0.05) is 45.0 Å². The fourth-order valence-electron chi connectivity index (χ4n) is 4.35. The number of aromatic amines is 1. The number of likely N-dealkylation sites (tertiary alicyclic amines) is 1. The number of halogens is 1. The molecule has 0 aliphatic carbocycles. The smallest absolute Gasteiger partial charge is 0.265 e. The van der Waals surface area contributed by atoms with Gasteiger partial charge < -0.3 is 19.4 Å². The van der Waals surface area contributed by atoms with Crippen LogP contribution in [0.4, 0.5) is 5.69 Å². The highest BCUT2D eigenvalue weighted by Gasteiger charge is 2.35. The number of fused-ring (bicyclic) bond motifs is 2. The van der Waals surface area contributed by atoms with E-state index in [4.69, 9.17) is 16.3 Å². The Morgan fingerprint density at radius 3 is 2.61 bits per heavy atom. The molecule has 3 aromatic rings. The van der Waals surface area contributed by atoms with Crippen molar-refractivity contribution in [1.82, 2.24) is 20.0 Å². The summed E-state index contributed by atoms with van der Waals surface area (Å²) < 4.78 is 5.78. The first-order valence-corrected chi connectivity index (χ1v) is 13.4. The summed E-state index contributed by atoms with van der Waals surface area (Å²) in [6.07, 6.45) is 3.10. The zero-order valence-electron chi connectivity index (χ0n) is 23.2. The standard InChI is InChI=1S/C23H21ClN4O3.C4H11N.C2H6/c1-3-21(29)27-9-14(10-27)11-28-19-7-17(24)15(6-20(19)31-12-22(28)30)23-13(2)4-5-18-16(23)8-25-26-18;1-4-5(2)3;1-2/h3-8,14H,1,9-12H2,2H3,(H,25,26);4H2,1-3H3;1-2H3. The Morgan fingerprint density at radius 1 is 1.29 bits per heavy atom. The van der Waals surface area contributed by atoms with E-state index in [-0.39, 0.29) is 24.3 Å². The third-order valence-electron chi connectivity index (χ3n) is 6.61. The van der Waals surface area contributed by atoms with Crippen LogP contribution < -0.4 is 9.64 Å². The summed E-state index contributed by atoms with van der Waals surface area (Å²) in [6.45, 7) is 14.5. The van der Waals surface area contributed by atoms with Crippen LogP contribution in [0.25, 0.3) is 22.0 Å². The van der Waals surface area contributed by atoms with Crippen LogP contribution in [0.1, 0.15) is 26.3 Å². The minimum atomic E-state index is -0.113. The quantitative estimate of drug-likeness (QED) is 0.453. The summed E-state index contributed by atoms with van der Waals surface area (Å²) in [6, 6.07) is 7.71. The number of nitrogens with one attached hydrogen (secondary N) is 1. The normalized spacial score (nSPS) is 14.6. The lowest BCUT2D eigenvalue weighted by atomic mass is 9.95. The monoisotopic (exact) mass is 539 g/mol. The van der Waals surface area contributed by atoms with Crippen LogP contribution in [0.2, 0.25) is 5.02 Å². The number of nitrogens with zero attached hydrogens (tertiary/aromatic N) is 4. The lowest BCUT2D eigenvalue weighted by Gasteiger charge is -2.42. The molecule has 204 valence electrons. The van der Waals surface area contributed by atoms with Crippen molar-refractivity contribution in [3.8, 4) is 16.9 Å². The molecule has 1 fully saturated rings. The largest absolute Gasteiger partial charge is 0.482 e. The van der Waals surface area contributed by atoms with Gasteiger partial charge in [0.05, 0.1) is 22.4 Å². The van der Waals surface area contributed by atoms with Gasteiger partial charge >= 0.3 is 0 Å². The third kappa shape index (κ3) is 6.19. The number of benzene rings is 2. The Morgan fingerprint density at radius 2 is 1.97 bits per heavy atom. The highest BCUT2D eigenvalue weighted by Crippen LogP contribution is 2.43. The highest BCUT2D eigenvalue weighted by molar-refractivity contribution is 6.34. The van der Waals surface area contributed by atoms with E-state index in [0.29, 0.717) is 36.1 Å². The Balaban J connectivity index is 0.000000515. The van der Waals surface area contributed by atoms with Crippen molar-refractivity contribution in [2.45, 2.75) is 27.7 Å². The van der Waals surface area contributed by atoms with Crippen molar-refractivity contribution in [3.05, 3.63) is 53.7 Å². The number of amides is 2.